The van der Waals surface area contributed by atoms with Crippen LogP contribution in [0.3, 0.4) is 0 Å². The summed E-state index contributed by atoms with van der Waals surface area (Å²) < 4.78 is 22.8. The van der Waals surface area contributed by atoms with Crippen molar-refractivity contribution in [2.75, 3.05) is 20.0 Å². The Morgan fingerprint density at radius 2 is 1.85 bits per heavy atom. The van der Waals surface area contributed by atoms with Crippen LogP contribution in [0.15, 0.2) is 35.4 Å². The van der Waals surface area contributed by atoms with Crippen LogP contribution in [0.4, 0.5) is 0 Å². The average Bonchev–Trinajstić information content (AvgIpc) is 3.27. The minimum absolute atomic E-state index is 0.120. The van der Waals surface area contributed by atoms with Crippen molar-refractivity contribution in [1.29, 1.82) is 0 Å². The number of carbonyl (C=O) groups excluding carboxylic acids is 2. The Kier molecular flexibility index (Phi) is 8.97. The van der Waals surface area contributed by atoms with Gasteiger partial charge in [-0.05, 0) is 78.3 Å². The molecule has 0 radical (unpaired) electrons. The molecule has 34 heavy (non-hydrogen) atoms. The zero-order chi connectivity index (χ0) is 24.7. The molecule has 0 bridgehead atoms. The Bertz CT molecular complexity index is 1070. The average molecular weight is 581 g/mol. The number of rotatable bonds is 10. The molecule has 1 aliphatic rings. The minimum atomic E-state index is -0.783. The van der Waals surface area contributed by atoms with Crippen molar-refractivity contribution in [3.8, 4) is 23.0 Å². The molecular weight excluding hydrogens is 553 g/mol. The Labute approximate surface area is 212 Å². The van der Waals surface area contributed by atoms with Crippen LogP contribution >= 0.6 is 22.6 Å². The molecule has 0 fully saturated rings. The van der Waals surface area contributed by atoms with Crippen LogP contribution in [0, 0.1) is 9.49 Å². The molecule has 0 aliphatic carbocycles. The number of hydrogen-bond acceptors (Lipinski definition) is 7. The van der Waals surface area contributed by atoms with E-state index in [-0.39, 0.29) is 12.7 Å². The van der Waals surface area contributed by atoms with Crippen LogP contribution in [-0.4, -0.2) is 44.1 Å². The second-order valence-electron chi connectivity index (χ2n) is 7.69. The molecule has 3 rings (SSSR count). The fraction of sp³-hybridized carbons (Fsp3) is 0.375. The third kappa shape index (κ3) is 6.31. The first-order valence-corrected chi connectivity index (χ1v) is 12.0. The number of carbonyl (C=O) groups is 2. The molecule has 10 heteroatoms. The van der Waals surface area contributed by atoms with Crippen molar-refractivity contribution in [3.63, 3.8) is 0 Å². The molecule has 9 nitrogen and oxygen atoms in total. The molecule has 0 saturated carbocycles. The number of amides is 2. The first kappa shape index (κ1) is 25.6. The molecule has 2 aromatic carbocycles. The van der Waals surface area contributed by atoms with Gasteiger partial charge in [0.15, 0.2) is 23.0 Å². The number of nitrogens with zero attached hydrogens (tertiary/aromatic N) is 1. The number of halogens is 1. The number of hydrogen-bond donors (Lipinski definition) is 2. The number of nitrogens with one attached hydrogen (secondary N) is 2. The third-order valence-electron chi connectivity index (χ3n) is 4.88. The van der Waals surface area contributed by atoms with Gasteiger partial charge in [0.1, 0.15) is 6.04 Å². The molecule has 182 valence electrons. The topological polar surface area (TPSA) is 107 Å². The maximum absolute atomic E-state index is 12.8. The van der Waals surface area contributed by atoms with E-state index in [1.54, 1.807) is 24.3 Å². The van der Waals surface area contributed by atoms with Gasteiger partial charge < -0.3 is 24.3 Å². The van der Waals surface area contributed by atoms with Gasteiger partial charge in [-0.3, -0.25) is 9.59 Å². The van der Waals surface area contributed by atoms with E-state index < -0.39 is 17.9 Å². The summed E-state index contributed by atoms with van der Waals surface area (Å²) in [6.07, 6.45) is 1.52. The van der Waals surface area contributed by atoms with Gasteiger partial charge in [0.2, 0.25) is 6.79 Å². The van der Waals surface area contributed by atoms with E-state index in [4.69, 9.17) is 18.9 Å². The molecule has 1 aliphatic heterocycles. The smallest absolute Gasteiger partial charge is 0.262 e. The number of ether oxygens (including phenoxy) is 4. The lowest BCUT2D eigenvalue weighted by molar-refractivity contribution is -0.123. The first-order valence-electron chi connectivity index (χ1n) is 11.0. The van der Waals surface area contributed by atoms with Gasteiger partial charge in [-0.1, -0.05) is 13.8 Å². The summed E-state index contributed by atoms with van der Waals surface area (Å²) in [7, 11) is 0. The van der Waals surface area contributed by atoms with Crippen molar-refractivity contribution >= 4 is 40.6 Å². The molecule has 1 atom stereocenters. The van der Waals surface area contributed by atoms with E-state index in [0.717, 1.165) is 9.13 Å². The molecule has 0 aromatic heterocycles. The SMILES string of the molecule is CCOc1cc(/C=N/NC(=O)C(NC(=O)c2ccc3c(c2)OCO3)C(C)C)cc(I)c1OCC. The molecule has 0 saturated heterocycles. The molecule has 2 aromatic rings. The van der Waals surface area contributed by atoms with Gasteiger partial charge in [0, 0.05) is 5.56 Å². The van der Waals surface area contributed by atoms with Gasteiger partial charge >= 0.3 is 0 Å². The molecule has 2 amide bonds. The van der Waals surface area contributed by atoms with Crippen molar-refractivity contribution < 1.29 is 28.5 Å². The number of benzene rings is 2. The van der Waals surface area contributed by atoms with Crippen molar-refractivity contribution in [1.82, 2.24) is 10.7 Å². The largest absolute Gasteiger partial charge is 0.490 e. The number of hydrazone groups is 1. The highest BCUT2D eigenvalue weighted by molar-refractivity contribution is 14.1. The van der Waals surface area contributed by atoms with E-state index in [9.17, 15) is 9.59 Å². The summed E-state index contributed by atoms with van der Waals surface area (Å²) in [5.74, 6) is 1.39. The summed E-state index contributed by atoms with van der Waals surface area (Å²) in [6, 6.07) is 7.78. The number of fused-ring (bicyclic) bond motifs is 1. The lowest BCUT2D eigenvalue weighted by atomic mass is 10.0. The van der Waals surface area contributed by atoms with E-state index in [1.165, 1.54) is 6.21 Å². The van der Waals surface area contributed by atoms with E-state index >= 15 is 0 Å². The van der Waals surface area contributed by atoms with Gasteiger partial charge in [-0.25, -0.2) is 5.43 Å². The van der Waals surface area contributed by atoms with E-state index in [1.807, 2.05) is 33.8 Å². The summed E-state index contributed by atoms with van der Waals surface area (Å²) in [5, 5.41) is 6.85. The summed E-state index contributed by atoms with van der Waals surface area (Å²) in [6.45, 7) is 8.63. The Hall–Kier alpha value is -3.02. The second-order valence-corrected chi connectivity index (χ2v) is 8.86. The molecule has 1 heterocycles. The predicted octanol–water partition coefficient (Wildman–Crippen LogP) is 3.72. The fourth-order valence-corrected chi connectivity index (χ4v) is 4.03. The highest BCUT2D eigenvalue weighted by Gasteiger charge is 2.25. The Balaban J connectivity index is 1.67. The van der Waals surface area contributed by atoms with E-state index in [2.05, 4.69) is 38.4 Å². The van der Waals surface area contributed by atoms with Crippen molar-refractivity contribution in [2.24, 2.45) is 11.0 Å². The first-order chi connectivity index (χ1) is 16.3. The lowest BCUT2D eigenvalue weighted by Crippen LogP contribution is -2.48. The van der Waals surface area contributed by atoms with Gasteiger partial charge in [-0.15, -0.1) is 0 Å². The van der Waals surface area contributed by atoms with Crippen molar-refractivity contribution in [3.05, 3.63) is 45.0 Å². The predicted molar refractivity (Wildman–Crippen MR) is 136 cm³/mol. The summed E-state index contributed by atoms with van der Waals surface area (Å²) >= 11 is 2.17. The van der Waals surface area contributed by atoms with E-state index in [0.29, 0.717) is 41.8 Å². The normalized spacial score (nSPS) is 13.1. The standard InChI is InChI=1S/C24H28IN3O6/c1-5-31-20-10-15(9-17(25)22(20)32-6-2)12-26-28-24(30)21(14(3)4)27-23(29)16-7-8-18-19(11-16)34-13-33-18/h7-12,14,21H,5-6,13H2,1-4H3,(H,27,29)(H,28,30)/b26-12+. The third-order valence-corrected chi connectivity index (χ3v) is 5.68. The molecule has 1 unspecified atom stereocenters. The highest BCUT2D eigenvalue weighted by atomic mass is 127. The van der Waals surface area contributed by atoms with Gasteiger partial charge in [0.05, 0.1) is 23.0 Å². The minimum Gasteiger partial charge on any atom is -0.490 e. The zero-order valence-electron chi connectivity index (χ0n) is 19.5. The van der Waals surface area contributed by atoms with Crippen LogP contribution in [0.2, 0.25) is 0 Å². The summed E-state index contributed by atoms with van der Waals surface area (Å²) in [4.78, 5) is 25.5. The van der Waals surface area contributed by atoms with Crippen molar-refractivity contribution in [2.45, 2.75) is 33.7 Å². The molecular formula is C24H28IN3O6. The van der Waals surface area contributed by atoms with Gasteiger partial charge in [-0.2, -0.15) is 5.10 Å². The maximum atomic E-state index is 12.8. The quantitative estimate of drug-likeness (QED) is 0.252. The Morgan fingerprint density at radius 1 is 1.12 bits per heavy atom. The maximum Gasteiger partial charge on any atom is 0.262 e. The van der Waals surface area contributed by atoms with Crippen LogP contribution in [0.1, 0.15) is 43.6 Å². The fourth-order valence-electron chi connectivity index (χ4n) is 3.25. The highest BCUT2D eigenvalue weighted by Crippen LogP contribution is 2.34. The monoisotopic (exact) mass is 581 g/mol. The second kappa shape index (κ2) is 11.9. The Morgan fingerprint density at radius 3 is 2.56 bits per heavy atom. The summed E-state index contributed by atoms with van der Waals surface area (Å²) in [5.41, 5.74) is 3.63. The molecule has 0 spiro atoms. The zero-order valence-corrected chi connectivity index (χ0v) is 21.7. The van der Waals surface area contributed by atoms with Crippen LogP contribution in [0.25, 0.3) is 0 Å². The van der Waals surface area contributed by atoms with Gasteiger partial charge in [0.25, 0.3) is 11.8 Å². The van der Waals surface area contributed by atoms with Crippen LogP contribution in [-0.2, 0) is 4.79 Å². The van der Waals surface area contributed by atoms with Crippen LogP contribution < -0.4 is 29.7 Å². The lowest BCUT2D eigenvalue weighted by Gasteiger charge is -2.20. The molecule has 2 N–H and O–H groups in total. The van der Waals surface area contributed by atoms with Crippen LogP contribution in [0.5, 0.6) is 23.0 Å².